The minimum atomic E-state index is -0.142. The van der Waals surface area contributed by atoms with E-state index in [1.54, 1.807) is 11.8 Å². The van der Waals surface area contributed by atoms with Crippen LogP contribution in [0.5, 0.6) is 0 Å². The first-order valence-corrected chi connectivity index (χ1v) is 5.06. The molecule has 2 saturated heterocycles. The van der Waals surface area contributed by atoms with Crippen molar-refractivity contribution in [2.45, 2.75) is 36.4 Å². The van der Waals surface area contributed by atoms with E-state index in [-0.39, 0.29) is 23.3 Å². The molecule has 0 aromatic heterocycles. The second-order valence-electron chi connectivity index (χ2n) is 3.72. The van der Waals surface area contributed by atoms with Gasteiger partial charge in [0.05, 0.1) is 23.1 Å². The second kappa shape index (κ2) is 2.39. The summed E-state index contributed by atoms with van der Waals surface area (Å²) < 4.78 is -0.142. The number of aliphatic hydroxyl groups is 1. The molecular weight excluding hydrogens is 174 g/mol. The van der Waals surface area contributed by atoms with Crippen LogP contribution < -0.4 is 0 Å². The zero-order chi connectivity index (χ0) is 8.93. The van der Waals surface area contributed by atoms with Crippen molar-refractivity contribution in [1.29, 1.82) is 0 Å². The molecule has 1 amide bonds. The Kier molecular flexibility index (Phi) is 1.67. The molecule has 2 aliphatic heterocycles. The monoisotopic (exact) mass is 187 g/mol. The van der Waals surface area contributed by atoms with E-state index in [4.69, 9.17) is 0 Å². The summed E-state index contributed by atoms with van der Waals surface area (Å²) >= 11 is 1.73. The maximum atomic E-state index is 11.2. The molecular formula is C8H13NO2S. The van der Waals surface area contributed by atoms with Gasteiger partial charge >= 0.3 is 0 Å². The lowest BCUT2D eigenvalue weighted by molar-refractivity contribution is -0.143. The van der Waals surface area contributed by atoms with E-state index < -0.39 is 0 Å². The average molecular weight is 187 g/mol. The molecule has 0 bridgehead atoms. The molecule has 4 heteroatoms. The van der Waals surface area contributed by atoms with Crippen molar-refractivity contribution in [3.63, 3.8) is 0 Å². The lowest BCUT2D eigenvalue weighted by Gasteiger charge is -2.37. The van der Waals surface area contributed by atoms with E-state index in [2.05, 4.69) is 0 Å². The number of thioether (sulfide) groups is 1. The highest BCUT2D eigenvalue weighted by molar-refractivity contribution is 8.01. The zero-order valence-electron chi connectivity index (χ0n) is 7.28. The van der Waals surface area contributed by atoms with Crippen molar-refractivity contribution in [2.75, 3.05) is 6.61 Å². The number of β-lactam (4-membered cyclic amide) rings is 1. The largest absolute Gasteiger partial charge is 0.395 e. The van der Waals surface area contributed by atoms with Crippen LogP contribution in [0.15, 0.2) is 0 Å². The van der Waals surface area contributed by atoms with E-state index >= 15 is 0 Å². The van der Waals surface area contributed by atoms with E-state index in [1.165, 1.54) is 0 Å². The van der Waals surface area contributed by atoms with Crippen LogP contribution in [0.25, 0.3) is 0 Å². The maximum absolute atomic E-state index is 11.2. The van der Waals surface area contributed by atoms with Gasteiger partial charge in [-0.05, 0) is 13.8 Å². The number of hydrogen-bond donors (Lipinski definition) is 1. The fraction of sp³-hybridized carbons (Fsp3) is 0.875. The zero-order valence-corrected chi connectivity index (χ0v) is 8.10. The van der Waals surface area contributed by atoms with Gasteiger partial charge in [-0.15, -0.1) is 11.8 Å². The van der Waals surface area contributed by atoms with Gasteiger partial charge in [0.2, 0.25) is 5.91 Å². The van der Waals surface area contributed by atoms with Gasteiger partial charge in [-0.2, -0.15) is 0 Å². The van der Waals surface area contributed by atoms with Crippen molar-refractivity contribution in [3.05, 3.63) is 0 Å². The van der Waals surface area contributed by atoms with Crippen LogP contribution in [0, 0.1) is 0 Å². The molecule has 0 radical (unpaired) electrons. The molecule has 3 nitrogen and oxygen atoms in total. The van der Waals surface area contributed by atoms with Crippen molar-refractivity contribution in [1.82, 2.24) is 4.90 Å². The molecule has 3 atom stereocenters. The third-order valence-electron chi connectivity index (χ3n) is 2.97. The quantitative estimate of drug-likeness (QED) is 0.605. The van der Waals surface area contributed by atoms with Crippen LogP contribution >= 0.6 is 11.8 Å². The number of hydrogen-bond acceptors (Lipinski definition) is 3. The van der Waals surface area contributed by atoms with E-state index in [1.807, 2.05) is 18.7 Å². The standard InChI is InChI=1S/C8H13NO2S/c1-5-8(2,4-10)12-7-3-6(11)9(5)7/h5,7,10H,3-4H2,1-2H3/t5-,7?,8-/m0/s1. The van der Waals surface area contributed by atoms with Crippen molar-refractivity contribution in [2.24, 2.45) is 0 Å². The first-order chi connectivity index (χ1) is 5.58. The molecule has 2 rings (SSSR count). The molecule has 2 heterocycles. The number of fused-ring (bicyclic) bond motifs is 1. The van der Waals surface area contributed by atoms with Crippen molar-refractivity contribution >= 4 is 17.7 Å². The molecule has 0 spiro atoms. The number of amides is 1. The van der Waals surface area contributed by atoms with Gasteiger partial charge in [0.25, 0.3) is 0 Å². The van der Waals surface area contributed by atoms with Gasteiger partial charge in [-0.25, -0.2) is 0 Å². The molecule has 2 fully saturated rings. The molecule has 12 heavy (non-hydrogen) atoms. The normalized spacial score (nSPS) is 45.9. The predicted molar refractivity (Wildman–Crippen MR) is 47.8 cm³/mol. The van der Waals surface area contributed by atoms with Crippen LogP contribution in [0.1, 0.15) is 20.3 Å². The van der Waals surface area contributed by atoms with Crippen LogP contribution in [0.4, 0.5) is 0 Å². The molecule has 0 aromatic carbocycles. The van der Waals surface area contributed by atoms with Gasteiger partial charge in [-0.1, -0.05) is 0 Å². The van der Waals surface area contributed by atoms with Gasteiger partial charge in [0.1, 0.15) is 0 Å². The van der Waals surface area contributed by atoms with E-state index in [9.17, 15) is 9.90 Å². The Labute approximate surface area is 76.1 Å². The average Bonchev–Trinajstić information content (AvgIpc) is 2.21. The molecule has 0 saturated carbocycles. The Balaban J connectivity index is 2.20. The highest BCUT2D eigenvalue weighted by atomic mass is 32.2. The first kappa shape index (κ1) is 8.38. The maximum Gasteiger partial charge on any atom is 0.226 e. The molecule has 1 N–H and O–H groups in total. The van der Waals surface area contributed by atoms with Gasteiger partial charge in [0, 0.05) is 6.04 Å². The SMILES string of the molecule is C[C@@H]1N2C(=O)CC2S[C@@]1(C)CO. The summed E-state index contributed by atoms with van der Waals surface area (Å²) in [6, 6.07) is 0.179. The van der Waals surface area contributed by atoms with Crippen molar-refractivity contribution in [3.8, 4) is 0 Å². The summed E-state index contributed by atoms with van der Waals surface area (Å²) in [6.07, 6.45) is 0.657. The van der Waals surface area contributed by atoms with Crippen LogP contribution in [-0.4, -0.2) is 38.7 Å². The second-order valence-corrected chi connectivity index (χ2v) is 5.44. The van der Waals surface area contributed by atoms with Crippen LogP contribution in [0.2, 0.25) is 0 Å². The summed E-state index contributed by atoms with van der Waals surface area (Å²) in [4.78, 5) is 13.0. The topological polar surface area (TPSA) is 40.5 Å². The fourth-order valence-corrected chi connectivity index (χ4v) is 3.48. The first-order valence-electron chi connectivity index (χ1n) is 4.18. The molecule has 68 valence electrons. The molecule has 0 aliphatic carbocycles. The Hall–Kier alpha value is -0.220. The summed E-state index contributed by atoms with van der Waals surface area (Å²) in [5.41, 5.74) is 0. The summed E-state index contributed by atoms with van der Waals surface area (Å²) in [5.74, 6) is 0.233. The number of carbonyl (C=O) groups is 1. The minimum absolute atomic E-state index is 0.142. The predicted octanol–water partition coefficient (Wildman–Crippen LogP) is 0.431. The van der Waals surface area contributed by atoms with Crippen molar-refractivity contribution < 1.29 is 9.90 Å². The number of carbonyl (C=O) groups excluding carboxylic acids is 1. The van der Waals surface area contributed by atoms with E-state index in [0.29, 0.717) is 11.8 Å². The highest BCUT2D eigenvalue weighted by Gasteiger charge is 2.55. The Morgan fingerprint density at radius 2 is 2.50 bits per heavy atom. The van der Waals surface area contributed by atoms with Crippen LogP contribution in [0.3, 0.4) is 0 Å². The Morgan fingerprint density at radius 3 is 2.92 bits per heavy atom. The summed E-state index contributed by atoms with van der Waals surface area (Å²) in [6.45, 7) is 4.19. The summed E-state index contributed by atoms with van der Waals surface area (Å²) in [7, 11) is 0. The molecule has 1 unspecified atom stereocenters. The number of rotatable bonds is 1. The van der Waals surface area contributed by atoms with Gasteiger partial charge < -0.3 is 10.0 Å². The third kappa shape index (κ3) is 0.850. The lowest BCUT2D eigenvalue weighted by Crippen LogP contribution is -2.53. The number of aliphatic hydroxyl groups excluding tert-OH is 1. The van der Waals surface area contributed by atoms with Gasteiger partial charge in [-0.3, -0.25) is 4.79 Å². The lowest BCUT2D eigenvalue weighted by atomic mass is 9.99. The smallest absolute Gasteiger partial charge is 0.226 e. The fourth-order valence-electron chi connectivity index (χ4n) is 1.84. The highest BCUT2D eigenvalue weighted by Crippen LogP contribution is 2.50. The summed E-state index contributed by atoms with van der Waals surface area (Å²) in [5, 5.41) is 9.52. The third-order valence-corrected chi connectivity index (χ3v) is 4.64. The molecule has 2 aliphatic rings. The van der Waals surface area contributed by atoms with Crippen LogP contribution in [-0.2, 0) is 4.79 Å². The van der Waals surface area contributed by atoms with E-state index in [0.717, 1.165) is 0 Å². The minimum Gasteiger partial charge on any atom is -0.395 e. The van der Waals surface area contributed by atoms with Gasteiger partial charge in [0.15, 0.2) is 0 Å². The Bertz CT molecular complexity index is 233. The Morgan fingerprint density at radius 1 is 1.83 bits per heavy atom. The molecule has 0 aromatic rings. The number of nitrogens with zero attached hydrogens (tertiary/aromatic N) is 1.